The number of nitrogens with zero attached hydrogens (tertiary/aromatic N) is 1. The molecular weight excluding hydrogens is 311 g/mol. The number of likely N-dealkylation sites (tertiary alicyclic amines) is 1. The average Bonchev–Trinajstić information content (AvgIpc) is 2.45. The van der Waals surface area contributed by atoms with E-state index in [1.807, 2.05) is 0 Å². The maximum Gasteiger partial charge on any atom is 0.254 e. The van der Waals surface area contributed by atoms with E-state index in [2.05, 4.69) is 4.72 Å². The smallest absolute Gasteiger partial charge is 0.254 e. The van der Waals surface area contributed by atoms with E-state index >= 15 is 0 Å². The molecule has 2 rings (SSSR count). The van der Waals surface area contributed by atoms with Crippen molar-refractivity contribution in [2.45, 2.75) is 18.9 Å². The number of methoxy groups -OCH3 is 1. The summed E-state index contributed by atoms with van der Waals surface area (Å²) in [5, 5.41) is 0. The van der Waals surface area contributed by atoms with Gasteiger partial charge in [-0.05, 0) is 31.0 Å². The van der Waals surface area contributed by atoms with Crippen LogP contribution in [0.25, 0.3) is 0 Å². The Bertz CT molecular complexity index is 663. The van der Waals surface area contributed by atoms with E-state index in [0.29, 0.717) is 19.4 Å². The molecule has 6 nitrogen and oxygen atoms in total. The van der Waals surface area contributed by atoms with Gasteiger partial charge in [0, 0.05) is 24.7 Å². The Morgan fingerprint density at radius 2 is 2.18 bits per heavy atom. The van der Waals surface area contributed by atoms with Gasteiger partial charge < -0.3 is 9.64 Å². The molecule has 1 aliphatic rings. The number of amides is 1. The molecule has 0 spiro atoms. The monoisotopic (exact) mass is 330 g/mol. The van der Waals surface area contributed by atoms with E-state index in [1.165, 1.54) is 24.1 Å². The predicted octanol–water partition coefficient (Wildman–Crippen LogP) is 0.988. The first-order valence-electron chi connectivity index (χ1n) is 6.90. The molecule has 1 aliphatic heterocycles. The lowest BCUT2D eigenvalue weighted by atomic mass is 10.1. The van der Waals surface area contributed by atoms with Crippen LogP contribution in [0.1, 0.15) is 23.2 Å². The molecule has 1 atom stereocenters. The summed E-state index contributed by atoms with van der Waals surface area (Å²) >= 11 is 0. The molecule has 1 amide bonds. The zero-order valence-corrected chi connectivity index (χ0v) is 13.3. The van der Waals surface area contributed by atoms with Crippen LogP contribution in [0.3, 0.4) is 0 Å². The van der Waals surface area contributed by atoms with Crippen molar-refractivity contribution in [3.63, 3.8) is 0 Å². The van der Waals surface area contributed by atoms with Gasteiger partial charge in [-0.25, -0.2) is 17.5 Å². The maximum absolute atomic E-state index is 13.7. The highest BCUT2D eigenvalue weighted by Crippen LogP contribution is 2.20. The first-order chi connectivity index (χ1) is 10.3. The number of nitrogens with one attached hydrogen (secondary N) is 1. The van der Waals surface area contributed by atoms with Crippen molar-refractivity contribution in [3.05, 3.63) is 29.6 Å². The van der Waals surface area contributed by atoms with Gasteiger partial charge in [-0.3, -0.25) is 4.79 Å². The van der Waals surface area contributed by atoms with E-state index in [1.54, 1.807) is 0 Å². The van der Waals surface area contributed by atoms with Gasteiger partial charge in [0.2, 0.25) is 10.0 Å². The van der Waals surface area contributed by atoms with Crippen LogP contribution in [0.2, 0.25) is 0 Å². The second-order valence-electron chi connectivity index (χ2n) is 5.33. The molecule has 0 aromatic heterocycles. The molecule has 122 valence electrons. The van der Waals surface area contributed by atoms with Gasteiger partial charge >= 0.3 is 0 Å². The first kappa shape index (κ1) is 16.7. The topological polar surface area (TPSA) is 75.7 Å². The Kier molecular flexibility index (Phi) is 5.02. The van der Waals surface area contributed by atoms with Crippen molar-refractivity contribution in [1.29, 1.82) is 0 Å². The molecule has 1 heterocycles. The number of halogens is 1. The number of hydrogen-bond acceptors (Lipinski definition) is 4. The molecule has 1 aromatic rings. The second kappa shape index (κ2) is 6.62. The van der Waals surface area contributed by atoms with Crippen molar-refractivity contribution < 1.29 is 22.3 Å². The highest BCUT2D eigenvalue weighted by Gasteiger charge is 2.26. The van der Waals surface area contributed by atoms with E-state index in [9.17, 15) is 17.6 Å². The van der Waals surface area contributed by atoms with E-state index in [0.717, 1.165) is 12.3 Å². The highest BCUT2D eigenvalue weighted by atomic mass is 32.2. The van der Waals surface area contributed by atoms with Crippen LogP contribution in [0.5, 0.6) is 5.75 Å². The SMILES string of the molecule is COc1ccc(C(=O)N2CCCC(NS(C)(=O)=O)C2)cc1F. The fraction of sp³-hybridized carbons (Fsp3) is 0.500. The van der Waals surface area contributed by atoms with Crippen molar-refractivity contribution >= 4 is 15.9 Å². The summed E-state index contributed by atoms with van der Waals surface area (Å²) in [5.41, 5.74) is 0.221. The molecule has 1 aromatic carbocycles. The largest absolute Gasteiger partial charge is 0.494 e. The zero-order chi connectivity index (χ0) is 16.3. The molecule has 0 bridgehead atoms. The molecule has 1 N–H and O–H groups in total. The molecule has 1 fully saturated rings. The van der Waals surface area contributed by atoms with Crippen LogP contribution in [0, 0.1) is 5.82 Å². The van der Waals surface area contributed by atoms with Gasteiger partial charge in [-0.1, -0.05) is 0 Å². The van der Waals surface area contributed by atoms with Crippen LogP contribution in [-0.4, -0.2) is 51.7 Å². The minimum Gasteiger partial charge on any atom is -0.494 e. The van der Waals surface area contributed by atoms with Gasteiger partial charge in [0.25, 0.3) is 5.91 Å². The van der Waals surface area contributed by atoms with Crippen LogP contribution in [-0.2, 0) is 10.0 Å². The van der Waals surface area contributed by atoms with E-state index in [4.69, 9.17) is 4.74 Å². The lowest BCUT2D eigenvalue weighted by molar-refractivity contribution is 0.0702. The molecule has 0 aliphatic carbocycles. The number of sulfonamides is 1. The van der Waals surface area contributed by atoms with Gasteiger partial charge in [0.05, 0.1) is 13.4 Å². The third-order valence-corrected chi connectivity index (χ3v) is 4.25. The zero-order valence-electron chi connectivity index (χ0n) is 12.5. The number of rotatable bonds is 4. The number of piperidine rings is 1. The summed E-state index contributed by atoms with van der Waals surface area (Å²) in [6.07, 6.45) is 2.46. The number of ether oxygens (including phenoxy) is 1. The average molecular weight is 330 g/mol. The summed E-state index contributed by atoms with van der Waals surface area (Å²) in [6, 6.07) is 3.72. The summed E-state index contributed by atoms with van der Waals surface area (Å²) in [4.78, 5) is 13.9. The van der Waals surface area contributed by atoms with Crippen LogP contribution < -0.4 is 9.46 Å². The second-order valence-corrected chi connectivity index (χ2v) is 7.11. The minimum absolute atomic E-state index is 0.0758. The van der Waals surface area contributed by atoms with E-state index in [-0.39, 0.29) is 29.8 Å². The first-order valence-corrected chi connectivity index (χ1v) is 8.79. The molecular formula is C14H19FN2O4S. The fourth-order valence-corrected chi connectivity index (χ4v) is 3.34. The summed E-state index contributed by atoms with van der Waals surface area (Å²) in [7, 11) is -1.96. The summed E-state index contributed by atoms with van der Waals surface area (Å²) in [5.74, 6) is -0.843. The number of hydrogen-bond donors (Lipinski definition) is 1. The predicted molar refractivity (Wildman–Crippen MR) is 79.9 cm³/mol. The summed E-state index contributed by atoms with van der Waals surface area (Å²) < 4.78 is 43.6. The van der Waals surface area contributed by atoms with Crippen molar-refractivity contribution in [3.8, 4) is 5.75 Å². The molecule has 1 unspecified atom stereocenters. The van der Waals surface area contributed by atoms with Crippen LogP contribution in [0.4, 0.5) is 4.39 Å². The Hall–Kier alpha value is -1.67. The molecule has 0 radical (unpaired) electrons. The minimum atomic E-state index is -3.32. The number of carbonyl (C=O) groups is 1. The third-order valence-electron chi connectivity index (χ3n) is 3.49. The maximum atomic E-state index is 13.7. The fourth-order valence-electron chi connectivity index (χ4n) is 2.54. The highest BCUT2D eigenvalue weighted by molar-refractivity contribution is 7.88. The van der Waals surface area contributed by atoms with Crippen molar-refractivity contribution in [2.75, 3.05) is 26.5 Å². The lowest BCUT2D eigenvalue weighted by Crippen LogP contribution is -2.49. The van der Waals surface area contributed by atoms with Gasteiger partial charge in [-0.15, -0.1) is 0 Å². The molecule has 0 saturated carbocycles. The van der Waals surface area contributed by atoms with Crippen molar-refractivity contribution in [1.82, 2.24) is 9.62 Å². The third kappa shape index (κ3) is 4.17. The Morgan fingerprint density at radius 1 is 1.45 bits per heavy atom. The van der Waals surface area contributed by atoms with Gasteiger partial charge in [0.15, 0.2) is 11.6 Å². The Morgan fingerprint density at radius 3 is 2.77 bits per heavy atom. The Balaban J connectivity index is 2.10. The van der Waals surface area contributed by atoms with Gasteiger partial charge in [-0.2, -0.15) is 0 Å². The number of carbonyl (C=O) groups excluding carboxylic acids is 1. The van der Waals surface area contributed by atoms with Gasteiger partial charge in [0.1, 0.15) is 0 Å². The number of benzene rings is 1. The lowest BCUT2D eigenvalue weighted by Gasteiger charge is -2.32. The molecule has 8 heteroatoms. The quantitative estimate of drug-likeness (QED) is 0.893. The van der Waals surface area contributed by atoms with Crippen LogP contribution >= 0.6 is 0 Å². The standard InChI is InChI=1S/C14H19FN2O4S/c1-21-13-6-5-10(8-12(13)15)14(18)17-7-3-4-11(9-17)16-22(2,19)20/h5-6,8,11,16H,3-4,7,9H2,1-2H3. The van der Waals surface area contributed by atoms with E-state index < -0.39 is 15.8 Å². The molecule has 22 heavy (non-hydrogen) atoms. The molecule has 1 saturated heterocycles. The summed E-state index contributed by atoms with van der Waals surface area (Å²) in [6.45, 7) is 0.800. The Labute approximate surface area is 129 Å². The normalized spacial score (nSPS) is 19.0. The van der Waals surface area contributed by atoms with Crippen molar-refractivity contribution in [2.24, 2.45) is 0 Å². The van der Waals surface area contributed by atoms with Crippen LogP contribution in [0.15, 0.2) is 18.2 Å².